The van der Waals surface area contributed by atoms with Gasteiger partial charge in [-0.05, 0) is 37.1 Å². The van der Waals surface area contributed by atoms with Crippen LogP contribution in [0.5, 0.6) is 0 Å². The molecule has 8 heteroatoms. The Kier molecular flexibility index (Phi) is 5.00. The fourth-order valence-electron chi connectivity index (χ4n) is 3.45. The van der Waals surface area contributed by atoms with Crippen LogP contribution in [0.4, 0.5) is 5.69 Å². The third-order valence-corrected chi connectivity index (χ3v) is 5.27. The number of likely N-dealkylation sites (tertiary alicyclic amines) is 1. The molecule has 2 heterocycles. The van der Waals surface area contributed by atoms with Crippen molar-refractivity contribution in [3.8, 4) is 11.4 Å². The van der Waals surface area contributed by atoms with Crippen LogP contribution in [0.1, 0.15) is 30.3 Å². The van der Waals surface area contributed by atoms with E-state index in [1.54, 1.807) is 12.1 Å². The van der Waals surface area contributed by atoms with Crippen molar-refractivity contribution < 1.29 is 9.45 Å². The second-order valence-corrected chi connectivity index (χ2v) is 7.41. The standard InChI is InChI=1S/C19H17BrN4O3/c20-15-8-6-13(7-9-15)17-5-2-10-23(17)12-18-21-19(22-27-18)14-3-1-4-16(11-14)24(25)26/h1,3-4,6-9,11,17H,2,5,10,12H2. The fourth-order valence-corrected chi connectivity index (χ4v) is 3.71. The molecule has 1 saturated heterocycles. The van der Waals surface area contributed by atoms with Crippen LogP contribution in [0.3, 0.4) is 0 Å². The van der Waals surface area contributed by atoms with E-state index < -0.39 is 4.92 Å². The SMILES string of the molecule is O=[N+]([O-])c1cccc(-c2noc(CN3CCCC3c3ccc(Br)cc3)n2)c1. The number of hydrogen-bond donors (Lipinski definition) is 0. The molecule has 4 rings (SSSR count). The molecule has 1 atom stereocenters. The molecule has 138 valence electrons. The highest BCUT2D eigenvalue weighted by atomic mass is 79.9. The molecule has 3 aromatic rings. The Morgan fingerprint density at radius 2 is 2.07 bits per heavy atom. The topological polar surface area (TPSA) is 85.3 Å². The zero-order valence-corrected chi connectivity index (χ0v) is 16.0. The summed E-state index contributed by atoms with van der Waals surface area (Å²) in [6.07, 6.45) is 2.21. The minimum absolute atomic E-state index is 0.00805. The van der Waals surface area contributed by atoms with E-state index in [0.29, 0.717) is 29.9 Å². The van der Waals surface area contributed by atoms with Gasteiger partial charge in [0.2, 0.25) is 11.7 Å². The molecule has 2 aromatic carbocycles. The third-order valence-electron chi connectivity index (χ3n) is 4.74. The molecule has 7 nitrogen and oxygen atoms in total. The predicted molar refractivity (Wildman–Crippen MR) is 103 cm³/mol. The van der Waals surface area contributed by atoms with E-state index in [1.807, 2.05) is 0 Å². The maximum absolute atomic E-state index is 10.9. The lowest BCUT2D eigenvalue weighted by Gasteiger charge is -2.23. The van der Waals surface area contributed by atoms with Gasteiger partial charge < -0.3 is 4.52 Å². The van der Waals surface area contributed by atoms with Gasteiger partial charge in [-0.2, -0.15) is 4.98 Å². The smallest absolute Gasteiger partial charge is 0.270 e. The first-order chi connectivity index (χ1) is 13.1. The highest BCUT2D eigenvalue weighted by Crippen LogP contribution is 2.33. The van der Waals surface area contributed by atoms with Crippen LogP contribution in [0.25, 0.3) is 11.4 Å². The normalized spacial score (nSPS) is 17.3. The van der Waals surface area contributed by atoms with Crippen LogP contribution in [0.15, 0.2) is 57.5 Å². The third kappa shape index (κ3) is 3.91. The van der Waals surface area contributed by atoms with Crippen LogP contribution in [-0.4, -0.2) is 26.5 Å². The van der Waals surface area contributed by atoms with Gasteiger partial charge in [-0.25, -0.2) is 0 Å². The predicted octanol–water partition coefficient (Wildman–Crippen LogP) is 4.74. The number of benzene rings is 2. The largest absolute Gasteiger partial charge is 0.338 e. The second-order valence-electron chi connectivity index (χ2n) is 6.50. The first-order valence-corrected chi connectivity index (χ1v) is 9.46. The molecule has 0 saturated carbocycles. The highest BCUT2D eigenvalue weighted by molar-refractivity contribution is 9.10. The zero-order valence-electron chi connectivity index (χ0n) is 14.4. The van der Waals surface area contributed by atoms with E-state index in [0.717, 1.165) is 23.9 Å². The summed E-state index contributed by atoms with van der Waals surface area (Å²) in [6.45, 7) is 1.53. The fraction of sp³-hybridized carbons (Fsp3) is 0.263. The molecule has 1 fully saturated rings. The maximum Gasteiger partial charge on any atom is 0.270 e. The second kappa shape index (κ2) is 7.58. The van der Waals surface area contributed by atoms with E-state index in [1.165, 1.54) is 17.7 Å². The van der Waals surface area contributed by atoms with Crippen molar-refractivity contribution in [1.29, 1.82) is 0 Å². The van der Waals surface area contributed by atoms with Crippen molar-refractivity contribution in [3.05, 3.63) is 74.6 Å². The molecule has 0 spiro atoms. The highest BCUT2D eigenvalue weighted by Gasteiger charge is 2.27. The summed E-state index contributed by atoms with van der Waals surface area (Å²) in [5.74, 6) is 0.883. The quantitative estimate of drug-likeness (QED) is 0.430. The van der Waals surface area contributed by atoms with Gasteiger partial charge in [0.15, 0.2) is 0 Å². The van der Waals surface area contributed by atoms with E-state index in [2.05, 4.69) is 55.2 Å². The molecular weight excluding hydrogens is 412 g/mol. The molecule has 1 aliphatic heterocycles. The van der Waals surface area contributed by atoms with Gasteiger partial charge in [-0.15, -0.1) is 0 Å². The van der Waals surface area contributed by atoms with Crippen LogP contribution in [0.2, 0.25) is 0 Å². The Morgan fingerprint density at radius 3 is 2.85 bits per heavy atom. The van der Waals surface area contributed by atoms with Gasteiger partial charge in [0.25, 0.3) is 5.69 Å². The molecule has 0 radical (unpaired) electrons. The summed E-state index contributed by atoms with van der Waals surface area (Å²) >= 11 is 3.47. The Hall–Kier alpha value is -2.58. The van der Waals surface area contributed by atoms with Gasteiger partial charge in [0.1, 0.15) is 0 Å². The van der Waals surface area contributed by atoms with Crippen LogP contribution in [0, 0.1) is 10.1 Å². The maximum atomic E-state index is 10.9. The first kappa shape index (κ1) is 17.8. The van der Waals surface area contributed by atoms with Gasteiger partial charge >= 0.3 is 0 Å². The minimum atomic E-state index is -0.433. The summed E-state index contributed by atoms with van der Waals surface area (Å²) < 4.78 is 6.47. The lowest BCUT2D eigenvalue weighted by Crippen LogP contribution is -2.22. The zero-order chi connectivity index (χ0) is 18.8. The number of rotatable bonds is 5. The summed E-state index contributed by atoms with van der Waals surface area (Å²) in [6, 6.07) is 15.0. The summed E-state index contributed by atoms with van der Waals surface area (Å²) in [7, 11) is 0. The van der Waals surface area contributed by atoms with Crippen molar-refractivity contribution in [2.75, 3.05) is 6.54 Å². The van der Waals surface area contributed by atoms with E-state index in [-0.39, 0.29) is 5.69 Å². The van der Waals surface area contributed by atoms with Crippen molar-refractivity contribution >= 4 is 21.6 Å². The van der Waals surface area contributed by atoms with Gasteiger partial charge in [-0.1, -0.05) is 45.4 Å². The summed E-state index contributed by atoms with van der Waals surface area (Å²) in [4.78, 5) is 17.3. The van der Waals surface area contributed by atoms with Crippen molar-refractivity contribution in [2.24, 2.45) is 0 Å². The van der Waals surface area contributed by atoms with Crippen molar-refractivity contribution in [2.45, 2.75) is 25.4 Å². The van der Waals surface area contributed by atoms with E-state index in [4.69, 9.17) is 4.52 Å². The number of nitro benzene ring substituents is 1. The van der Waals surface area contributed by atoms with E-state index >= 15 is 0 Å². The molecule has 27 heavy (non-hydrogen) atoms. The molecule has 0 bridgehead atoms. The van der Waals surface area contributed by atoms with Gasteiger partial charge in [-0.3, -0.25) is 15.0 Å². The molecule has 1 aliphatic rings. The van der Waals surface area contributed by atoms with Crippen LogP contribution < -0.4 is 0 Å². The molecule has 0 aliphatic carbocycles. The van der Waals surface area contributed by atoms with Gasteiger partial charge in [0.05, 0.1) is 11.5 Å². The summed E-state index contributed by atoms with van der Waals surface area (Å²) in [5.41, 5.74) is 1.85. The number of aromatic nitrogens is 2. The number of nitrogens with zero attached hydrogens (tertiary/aromatic N) is 4. The van der Waals surface area contributed by atoms with Crippen LogP contribution in [-0.2, 0) is 6.54 Å². The van der Waals surface area contributed by atoms with Gasteiger partial charge in [0, 0.05) is 28.2 Å². The molecule has 0 N–H and O–H groups in total. The number of halogens is 1. The number of non-ortho nitro benzene ring substituents is 1. The van der Waals surface area contributed by atoms with E-state index in [9.17, 15) is 10.1 Å². The Morgan fingerprint density at radius 1 is 1.26 bits per heavy atom. The Balaban J connectivity index is 1.51. The van der Waals surface area contributed by atoms with Crippen molar-refractivity contribution in [3.63, 3.8) is 0 Å². The van der Waals surface area contributed by atoms with Crippen molar-refractivity contribution in [1.82, 2.24) is 15.0 Å². The average molecular weight is 429 g/mol. The first-order valence-electron chi connectivity index (χ1n) is 8.67. The minimum Gasteiger partial charge on any atom is -0.338 e. The number of hydrogen-bond acceptors (Lipinski definition) is 6. The summed E-state index contributed by atoms with van der Waals surface area (Å²) in [5, 5.41) is 14.9. The lowest BCUT2D eigenvalue weighted by atomic mass is 10.0. The number of nitro groups is 1. The Bertz CT molecular complexity index is 958. The molecule has 0 amide bonds. The lowest BCUT2D eigenvalue weighted by molar-refractivity contribution is -0.384. The molecule has 1 aromatic heterocycles. The Labute approximate surface area is 164 Å². The van der Waals surface area contributed by atoms with Crippen LogP contribution >= 0.6 is 15.9 Å². The molecular formula is C19H17BrN4O3. The molecule has 1 unspecified atom stereocenters. The average Bonchev–Trinajstić information content (AvgIpc) is 3.33. The monoisotopic (exact) mass is 428 g/mol.